The number of carboxylic acid groups (broad SMARTS) is 1. The summed E-state index contributed by atoms with van der Waals surface area (Å²) in [5.74, 6) is -2.06. The molecule has 0 bridgehead atoms. The van der Waals surface area contributed by atoms with E-state index in [0.717, 1.165) is 18.9 Å². The minimum Gasteiger partial charge on any atom is -0.480 e. The van der Waals surface area contributed by atoms with Crippen molar-refractivity contribution in [1.29, 1.82) is 0 Å². The van der Waals surface area contributed by atoms with Gasteiger partial charge in [0.15, 0.2) is 0 Å². The number of benzene rings is 1. The molecule has 5 heteroatoms. The Labute approximate surface area is 104 Å². The van der Waals surface area contributed by atoms with E-state index in [0.29, 0.717) is 5.56 Å². The summed E-state index contributed by atoms with van der Waals surface area (Å²) < 4.78 is 13.3. The van der Waals surface area contributed by atoms with Crippen molar-refractivity contribution in [1.82, 2.24) is 5.32 Å². The molecule has 2 rings (SSSR count). The Balaban J connectivity index is 2.10. The molecule has 1 atom stereocenters. The van der Waals surface area contributed by atoms with Gasteiger partial charge in [0.25, 0.3) is 5.91 Å². The molecule has 0 aliphatic heterocycles. The number of nitrogens with one attached hydrogen (secondary N) is 1. The van der Waals surface area contributed by atoms with Gasteiger partial charge in [-0.2, -0.15) is 0 Å². The first-order valence-electron chi connectivity index (χ1n) is 5.79. The van der Waals surface area contributed by atoms with E-state index in [9.17, 15) is 14.0 Å². The third-order valence-electron chi connectivity index (χ3n) is 3.08. The van der Waals surface area contributed by atoms with E-state index in [-0.39, 0.29) is 11.5 Å². The molecule has 1 fully saturated rings. The molecule has 0 saturated heterocycles. The van der Waals surface area contributed by atoms with Crippen LogP contribution in [0.15, 0.2) is 18.2 Å². The molecule has 1 aliphatic rings. The van der Waals surface area contributed by atoms with Gasteiger partial charge in [-0.05, 0) is 43.4 Å². The fraction of sp³-hybridized carbons (Fsp3) is 0.385. The molecule has 1 aromatic carbocycles. The molecule has 4 nitrogen and oxygen atoms in total. The molecular formula is C13H14FNO3. The van der Waals surface area contributed by atoms with Crippen molar-refractivity contribution in [3.8, 4) is 0 Å². The maximum Gasteiger partial charge on any atom is 0.326 e. The fourth-order valence-electron chi connectivity index (χ4n) is 1.77. The standard InChI is InChI=1S/C13H14FNO3/c1-7-2-3-9(6-10(7)14)12(16)15-11(13(17)18)8-4-5-8/h2-3,6,8,11H,4-5H2,1H3,(H,15,16)(H,17,18). The van der Waals surface area contributed by atoms with E-state index < -0.39 is 23.7 Å². The highest BCUT2D eigenvalue weighted by molar-refractivity contribution is 5.96. The molecule has 0 heterocycles. The van der Waals surface area contributed by atoms with Crippen molar-refractivity contribution in [2.24, 2.45) is 5.92 Å². The second-order valence-electron chi connectivity index (χ2n) is 4.59. The number of aryl methyl sites for hydroxylation is 1. The van der Waals surface area contributed by atoms with Crippen LogP contribution in [0.2, 0.25) is 0 Å². The van der Waals surface area contributed by atoms with Crippen molar-refractivity contribution in [2.45, 2.75) is 25.8 Å². The number of amides is 1. The van der Waals surface area contributed by atoms with E-state index in [1.165, 1.54) is 12.1 Å². The number of rotatable bonds is 4. The van der Waals surface area contributed by atoms with Crippen LogP contribution in [0, 0.1) is 18.7 Å². The summed E-state index contributed by atoms with van der Waals surface area (Å²) in [4.78, 5) is 22.8. The molecule has 1 aliphatic carbocycles. The van der Waals surface area contributed by atoms with E-state index in [2.05, 4.69) is 5.32 Å². The monoisotopic (exact) mass is 251 g/mol. The van der Waals surface area contributed by atoms with Crippen LogP contribution in [0.25, 0.3) is 0 Å². The van der Waals surface area contributed by atoms with Gasteiger partial charge in [0, 0.05) is 5.56 Å². The van der Waals surface area contributed by atoms with Crippen LogP contribution in [0.4, 0.5) is 4.39 Å². The Morgan fingerprint density at radius 2 is 2.11 bits per heavy atom. The minimum atomic E-state index is -1.04. The zero-order valence-electron chi connectivity index (χ0n) is 9.94. The van der Waals surface area contributed by atoms with Gasteiger partial charge in [-0.3, -0.25) is 4.79 Å². The Morgan fingerprint density at radius 1 is 1.44 bits per heavy atom. The number of hydrogen-bond acceptors (Lipinski definition) is 2. The summed E-state index contributed by atoms with van der Waals surface area (Å²) >= 11 is 0. The third-order valence-corrected chi connectivity index (χ3v) is 3.08. The third kappa shape index (κ3) is 2.67. The van der Waals surface area contributed by atoms with Gasteiger partial charge in [0.2, 0.25) is 0 Å². The predicted molar refractivity (Wildman–Crippen MR) is 62.8 cm³/mol. The largest absolute Gasteiger partial charge is 0.480 e. The van der Waals surface area contributed by atoms with Crippen LogP contribution in [-0.2, 0) is 4.79 Å². The average Bonchev–Trinajstić information content (AvgIpc) is 3.13. The lowest BCUT2D eigenvalue weighted by Gasteiger charge is -2.13. The first-order chi connectivity index (χ1) is 8.49. The normalized spacial score (nSPS) is 16.1. The lowest BCUT2D eigenvalue weighted by Crippen LogP contribution is -2.42. The Hall–Kier alpha value is -1.91. The van der Waals surface area contributed by atoms with Gasteiger partial charge in [0.05, 0.1) is 0 Å². The van der Waals surface area contributed by atoms with E-state index in [4.69, 9.17) is 5.11 Å². The van der Waals surface area contributed by atoms with Gasteiger partial charge in [-0.25, -0.2) is 9.18 Å². The number of halogens is 1. The smallest absolute Gasteiger partial charge is 0.326 e. The number of carbonyl (C=O) groups is 2. The van der Waals surface area contributed by atoms with Crippen LogP contribution in [-0.4, -0.2) is 23.0 Å². The number of hydrogen-bond donors (Lipinski definition) is 2. The molecule has 2 N–H and O–H groups in total. The fourth-order valence-corrected chi connectivity index (χ4v) is 1.77. The van der Waals surface area contributed by atoms with Crippen LogP contribution in [0.5, 0.6) is 0 Å². The van der Waals surface area contributed by atoms with Gasteiger partial charge >= 0.3 is 5.97 Å². The predicted octanol–water partition coefficient (Wildman–Crippen LogP) is 1.73. The van der Waals surface area contributed by atoms with E-state index >= 15 is 0 Å². The van der Waals surface area contributed by atoms with Crippen LogP contribution in [0.3, 0.4) is 0 Å². The summed E-state index contributed by atoms with van der Waals surface area (Å²) in [6, 6.07) is 3.23. The summed E-state index contributed by atoms with van der Waals surface area (Å²) in [6.45, 7) is 1.60. The molecule has 0 radical (unpaired) electrons. The van der Waals surface area contributed by atoms with E-state index in [1.807, 2.05) is 0 Å². The van der Waals surface area contributed by atoms with Gasteiger partial charge in [-0.15, -0.1) is 0 Å². The summed E-state index contributed by atoms with van der Waals surface area (Å²) in [5, 5.41) is 11.4. The lowest BCUT2D eigenvalue weighted by molar-refractivity contribution is -0.139. The topological polar surface area (TPSA) is 66.4 Å². The van der Waals surface area contributed by atoms with Crippen LogP contribution < -0.4 is 5.32 Å². The van der Waals surface area contributed by atoms with Crippen molar-refractivity contribution in [3.05, 3.63) is 35.1 Å². The average molecular weight is 251 g/mol. The second-order valence-corrected chi connectivity index (χ2v) is 4.59. The van der Waals surface area contributed by atoms with Crippen molar-refractivity contribution in [2.75, 3.05) is 0 Å². The summed E-state index contributed by atoms with van der Waals surface area (Å²) in [5.41, 5.74) is 0.591. The van der Waals surface area contributed by atoms with Crippen molar-refractivity contribution in [3.63, 3.8) is 0 Å². The zero-order valence-corrected chi connectivity index (χ0v) is 9.94. The highest BCUT2D eigenvalue weighted by Crippen LogP contribution is 2.32. The molecule has 18 heavy (non-hydrogen) atoms. The minimum absolute atomic E-state index is 0.00162. The Morgan fingerprint density at radius 3 is 2.61 bits per heavy atom. The van der Waals surface area contributed by atoms with Gasteiger partial charge < -0.3 is 10.4 Å². The summed E-state index contributed by atoms with van der Waals surface area (Å²) in [6.07, 6.45) is 1.61. The van der Waals surface area contributed by atoms with Crippen molar-refractivity contribution >= 4 is 11.9 Å². The Kier molecular flexibility index (Phi) is 3.32. The lowest BCUT2D eigenvalue weighted by atomic mass is 10.1. The molecule has 1 amide bonds. The van der Waals surface area contributed by atoms with Gasteiger partial charge in [0.1, 0.15) is 11.9 Å². The van der Waals surface area contributed by atoms with Crippen LogP contribution in [0.1, 0.15) is 28.8 Å². The highest BCUT2D eigenvalue weighted by Gasteiger charge is 2.37. The first-order valence-corrected chi connectivity index (χ1v) is 5.79. The molecule has 96 valence electrons. The maximum atomic E-state index is 13.3. The van der Waals surface area contributed by atoms with Crippen molar-refractivity contribution < 1.29 is 19.1 Å². The maximum absolute atomic E-state index is 13.3. The quantitative estimate of drug-likeness (QED) is 0.856. The Bertz CT molecular complexity index is 497. The van der Waals surface area contributed by atoms with E-state index in [1.54, 1.807) is 6.92 Å². The molecule has 0 aromatic heterocycles. The SMILES string of the molecule is Cc1ccc(C(=O)NC(C(=O)O)C2CC2)cc1F. The molecule has 1 aromatic rings. The molecule has 0 spiro atoms. The zero-order chi connectivity index (χ0) is 13.3. The second kappa shape index (κ2) is 4.76. The molecular weight excluding hydrogens is 237 g/mol. The van der Waals surface area contributed by atoms with Crippen LogP contribution >= 0.6 is 0 Å². The molecule has 1 unspecified atom stereocenters. The number of carboxylic acids is 1. The first kappa shape index (κ1) is 12.5. The number of carbonyl (C=O) groups excluding carboxylic acids is 1. The molecule has 1 saturated carbocycles. The van der Waals surface area contributed by atoms with Gasteiger partial charge in [-0.1, -0.05) is 6.07 Å². The highest BCUT2D eigenvalue weighted by atomic mass is 19.1. The number of aliphatic carboxylic acids is 1. The summed E-state index contributed by atoms with van der Waals surface area (Å²) in [7, 11) is 0.